The van der Waals surface area contributed by atoms with Gasteiger partial charge >= 0.3 is 0 Å². The van der Waals surface area contributed by atoms with E-state index in [0.717, 1.165) is 38.5 Å². The normalized spacial score (nSPS) is 39.8. The van der Waals surface area contributed by atoms with Gasteiger partial charge in [0.15, 0.2) is 0 Å². The lowest BCUT2D eigenvalue weighted by Crippen LogP contribution is -2.59. The lowest BCUT2D eigenvalue weighted by molar-refractivity contribution is -1.11. The second-order valence-electron chi connectivity index (χ2n) is 13.0. The lowest BCUT2D eigenvalue weighted by Gasteiger charge is -2.54. The number of rotatable bonds is 5. The van der Waals surface area contributed by atoms with E-state index >= 15 is 0 Å². The van der Waals surface area contributed by atoms with E-state index in [9.17, 15) is 5.21 Å². The molecule has 5 heteroatoms. The second kappa shape index (κ2) is 8.22. The van der Waals surface area contributed by atoms with Gasteiger partial charge in [-0.25, -0.2) is 5.21 Å². The molecule has 0 radical (unpaired) electrons. The average Bonchev–Trinajstić information content (AvgIpc) is 3.42. The molecule has 2 aromatic rings. The topological polar surface area (TPSA) is 51.6 Å². The summed E-state index contributed by atoms with van der Waals surface area (Å²) in [5, 5.41) is 13.8. The Kier molecular flexibility index (Phi) is 5.34. The minimum atomic E-state index is -0.208. The maximum Gasteiger partial charge on any atom is 0.132 e. The first kappa shape index (κ1) is 24.0. The summed E-state index contributed by atoms with van der Waals surface area (Å²) in [5.74, 6) is 1.06. The molecule has 1 unspecified atom stereocenters. The van der Waals surface area contributed by atoms with Gasteiger partial charge < -0.3 is 9.47 Å². The van der Waals surface area contributed by atoms with Crippen LogP contribution in [-0.2, 0) is 9.47 Å². The van der Waals surface area contributed by atoms with Crippen LogP contribution < -0.4 is 0 Å². The van der Waals surface area contributed by atoms with E-state index in [2.05, 4.69) is 48.3 Å². The number of ether oxygens (including phenoxy) is 2. The first-order chi connectivity index (χ1) is 17.8. The Hall–Kier alpha value is -2.05. The highest BCUT2D eigenvalue weighted by Gasteiger charge is 2.67. The molecule has 0 amide bonds. The van der Waals surface area contributed by atoms with Gasteiger partial charge in [0.25, 0.3) is 0 Å². The van der Waals surface area contributed by atoms with Gasteiger partial charge in [-0.3, -0.25) is 4.98 Å². The molecule has 2 aliphatic heterocycles. The van der Waals surface area contributed by atoms with E-state index in [1.807, 2.05) is 19.4 Å². The van der Waals surface area contributed by atoms with Crippen molar-refractivity contribution in [3.05, 3.63) is 65.5 Å². The largest absolute Gasteiger partial charge is 0.379 e. The highest BCUT2D eigenvalue weighted by atomic mass is 16.6. The monoisotopic (exact) mass is 501 g/mol. The maximum atomic E-state index is 11.3. The van der Waals surface area contributed by atoms with Crippen LogP contribution in [-0.4, -0.2) is 59.4 Å². The number of aromatic nitrogens is 1. The Balaban J connectivity index is 1.22. The minimum absolute atomic E-state index is 0.0297. The molecular formula is C32H41N2O3+. The summed E-state index contributed by atoms with van der Waals surface area (Å²) in [6.07, 6.45) is 17.6. The fourth-order valence-electron chi connectivity index (χ4n) is 9.18. The standard InChI is InChI=1S/C32H41N2O3/c1-30-12-10-26-19-25-6-7-27(34(2,35)16-17-36-3)20-31(25)13-14-32(26,37-31)29(30)9-8-28(30)23-5-4-22-11-15-33-21-24(22)18-23/h4-5,10-11,15,18-19,21,27-29,35H,6-9,12-14,16-17,20H2,1-3H3/q+1/t27-,28-,29-,30-,31-,32-,34?/m1/s1. The Morgan fingerprint density at radius 2 is 2.05 bits per heavy atom. The summed E-state index contributed by atoms with van der Waals surface area (Å²) < 4.78 is 12.8. The Bertz CT molecular complexity index is 1300. The summed E-state index contributed by atoms with van der Waals surface area (Å²) in [5.41, 5.74) is 4.21. The second-order valence-corrected chi connectivity index (χ2v) is 13.0. The highest BCUT2D eigenvalue weighted by molar-refractivity contribution is 5.82. The van der Waals surface area contributed by atoms with Gasteiger partial charge in [-0.15, -0.1) is 0 Å². The quantitative estimate of drug-likeness (QED) is 0.384. The third-order valence-electron chi connectivity index (χ3n) is 11.3. The molecule has 1 aromatic carbocycles. The number of benzene rings is 1. The molecule has 7 rings (SSSR count). The van der Waals surface area contributed by atoms with Gasteiger partial charge in [0.05, 0.1) is 24.9 Å². The number of hydrogen-bond donors (Lipinski definition) is 1. The van der Waals surface area contributed by atoms with Crippen LogP contribution >= 0.6 is 0 Å². The van der Waals surface area contributed by atoms with Crippen LogP contribution in [0.2, 0.25) is 0 Å². The molecule has 1 N–H and O–H groups in total. The highest BCUT2D eigenvalue weighted by Crippen LogP contribution is 2.69. The van der Waals surface area contributed by atoms with Crippen LogP contribution in [0.15, 0.2) is 60.0 Å². The van der Waals surface area contributed by atoms with Crippen molar-refractivity contribution in [3.63, 3.8) is 0 Å². The number of quaternary nitrogens is 1. The lowest BCUT2D eigenvalue weighted by atomic mass is 9.58. The van der Waals surface area contributed by atoms with E-state index < -0.39 is 0 Å². The van der Waals surface area contributed by atoms with Crippen molar-refractivity contribution in [1.29, 1.82) is 0 Å². The predicted molar refractivity (Wildman–Crippen MR) is 144 cm³/mol. The number of hydrogen-bond acceptors (Lipinski definition) is 4. The van der Waals surface area contributed by atoms with E-state index in [-0.39, 0.29) is 27.3 Å². The van der Waals surface area contributed by atoms with E-state index in [4.69, 9.17) is 9.47 Å². The Morgan fingerprint density at radius 1 is 1.16 bits per heavy atom. The van der Waals surface area contributed by atoms with Gasteiger partial charge in [-0.2, -0.15) is 4.65 Å². The first-order valence-electron chi connectivity index (χ1n) is 14.3. The van der Waals surface area contributed by atoms with Crippen molar-refractivity contribution >= 4 is 10.8 Å². The van der Waals surface area contributed by atoms with Crippen molar-refractivity contribution in [2.75, 3.05) is 27.3 Å². The van der Waals surface area contributed by atoms with Crippen LogP contribution in [0.25, 0.3) is 10.8 Å². The third-order valence-corrected chi connectivity index (χ3v) is 11.3. The number of fused-ring (bicyclic) bond motifs is 2. The van der Waals surface area contributed by atoms with Gasteiger partial charge in [0, 0.05) is 37.7 Å². The predicted octanol–water partition coefficient (Wildman–Crippen LogP) is 6.33. The van der Waals surface area contributed by atoms with Crippen molar-refractivity contribution in [1.82, 2.24) is 4.98 Å². The number of likely N-dealkylation sites (N-methyl/N-ethyl adjacent to an activating group) is 1. The molecular weight excluding hydrogens is 460 g/mol. The van der Waals surface area contributed by atoms with E-state index in [0.29, 0.717) is 25.0 Å². The van der Waals surface area contributed by atoms with Gasteiger partial charge in [-0.1, -0.05) is 31.2 Å². The molecule has 2 bridgehead atoms. The van der Waals surface area contributed by atoms with Crippen LogP contribution in [0.4, 0.5) is 0 Å². The molecule has 37 heavy (non-hydrogen) atoms. The fourth-order valence-corrected chi connectivity index (χ4v) is 9.18. The van der Waals surface area contributed by atoms with Gasteiger partial charge in [0.1, 0.15) is 12.6 Å². The molecule has 3 aliphatic carbocycles. The Morgan fingerprint density at radius 3 is 2.92 bits per heavy atom. The zero-order valence-corrected chi connectivity index (χ0v) is 22.6. The SMILES string of the molecule is COCC[N+](C)(O)[C@@H]1CCC2=CC3=CC[C@]4(C)[C@@H](c5ccc6ccncc6c5)CC[C@H]4[C@@]34CC[C@]2(C1)O4. The van der Waals surface area contributed by atoms with Gasteiger partial charge in [-0.05, 0) is 90.0 Å². The third kappa shape index (κ3) is 3.40. The molecule has 5 aliphatic rings. The zero-order valence-electron chi connectivity index (χ0n) is 22.6. The van der Waals surface area contributed by atoms with Crippen molar-refractivity contribution in [2.45, 2.75) is 81.5 Å². The molecule has 3 heterocycles. The smallest absolute Gasteiger partial charge is 0.132 e. The van der Waals surface area contributed by atoms with Crippen molar-refractivity contribution in [3.8, 4) is 0 Å². The molecule has 3 fully saturated rings. The minimum Gasteiger partial charge on any atom is -0.379 e. The number of methoxy groups -OCH3 is 1. The van der Waals surface area contributed by atoms with Crippen molar-refractivity contribution in [2.24, 2.45) is 11.3 Å². The van der Waals surface area contributed by atoms with Crippen LogP contribution in [0.3, 0.4) is 0 Å². The van der Waals surface area contributed by atoms with Crippen LogP contribution in [0.5, 0.6) is 0 Å². The van der Waals surface area contributed by atoms with Crippen LogP contribution in [0, 0.1) is 11.3 Å². The van der Waals surface area contributed by atoms with Crippen molar-refractivity contribution < 1.29 is 19.3 Å². The van der Waals surface area contributed by atoms with Gasteiger partial charge in [0.2, 0.25) is 0 Å². The molecule has 2 saturated carbocycles. The molecule has 1 aromatic heterocycles. The summed E-state index contributed by atoms with van der Waals surface area (Å²) in [4.78, 5) is 4.38. The molecule has 5 nitrogen and oxygen atoms in total. The zero-order chi connectivity index (χ0) is 25.5. The summed E-state index contributed by atoms with van der Waals surface area (Å²) in [7, 11) is 3.66. The number of nitrogens with zero attached hydrogens (tertiary/aromatic N) is 2. The summed E-state index contributed by atoms with van der Waals surface area (Å²) in [6.45, 7) is 3.73. The first-order valence-corrected chi connectivity index (χ1v) is 14.3. The Labute approximate surface area is 220 Å². The van der Waals surface area contributed by atoms with E-state index in [1.165, 1.54) is 40.3 Å². The number of allylic oxidation sites excluding steroid dienone is 1. The molecule has 2 spiro atoms. The van der Waals surface area contributed by atoms with Crippen LogP contribution in [0.1, 0.15) is 69.8 Å². The summed E-state index contributed by atoms with van der Waals surface area (Å²) >= 11 is 0. The summed E-state index contributed by atoms with van der Waals surface area (Å²) in [6, 6.07) is 9.31. The number of pyridine rings is 1. The maximum absolute atomic E-state index is 11.3. The molecule has 7 atom stereocenters. The fraction of sp³-hybridized carbons (Fsp3) is 0.594. The molecule has 1 saturated heterocycles. The number of hydroxylamine groups is 3. The van der Waals surface area contributed by atoms with E-state index in [1.54, 1.807) is 7.11 Å². The molecule has 196 valence electrons. The average molecular weight is 502 g/mol.